The van der Waals surface area contributed by atoms with Crippen molar-refractivity contribution in [2.24, 2.45) is 0 Å². The van der Waals surface area contributed by atoms with Crippen LogP contribution in [-0.4, -0.2) is 5.11 Å². The summed E-state index contributed by atoms with van der Waals surface area (Å²) in [6, 6.07) is 7.48. The second-order valence-electron chi connectivity index (χ2n) is 7.80. The molecule has 0 unspecified atom stereocenters. The summed E-state index contributed by atoms with van der Waals surface area (Å²) >= 11 is 0. The predicted octanol–water partition coefficient (Wildman–Crippen LogP) is 7.87. The van der Waals surface area contributed by atoms with E-state index in [4.69, 9.17) is 0 Å². The summed E-state index contributed by atoms with van der Waals surface area (Å²) in [7, 11) is 0. The molecular formula is C25H43NO. The normalized spacial score (nSPS) is 11.3. The smallest absolute Gasteiger partial charge is 0.120 e. The van der Waals surface area contributed by atoms with Crippen LogP contribution in [0.1, 0.15) is 109 Å². The van der Waals surface area contributed by atoms with Crippen molar-refractivity contribution in [2.75, 3.05) is 0 Å². The first kappa shape index (κ1) is 23.6. The fourth-order valence-electron chi connectivity index (χ4n) is 3.45. The molecule has 0 radical (unpaired) electrons. The van der Waals surface area contributed by atoms with Crippen LogP contribution in [0.5, 0.6) is 5.75 Å². The first-order valence-corrected chi connectivity index (χ1v) is 11.5. The lowest BCUT2D eigenvalue weighted by Gasteiger charge is -2.04. The van der Waals surface area contributed by atoms with Crippen molar-refractivity contribution in [3.8, 4) is 5.75 Å². The van der Waals surface area contributed by atoms with E-state index in [1.807, 2.05) is 24.4 Å². The van der Waals surface area contributed by atoms with Gasteiger partial charge in [-0.1, -0.05) is 115 Å². The lowest BCUT2D eigenvalue weighted by atomic mass is 10.0. The molecule has 2 heteroatoms. The van der Waals surface area contributed by atoms with Gasteiger partial charge in [-0.15, -0.1) is 0 Å². The van der Waals surface area contributed by atoms with Crippen LogP contribution in [0, 0.1) is 0 Å². The number of phenolic OH excluding ortho intramolecular Hbond substituents is 1. The Morgan fingerprint density at radius 2 is 1.26 bits per heavy atom. The number of hydrogen-bond donors (Lipinski definition) is 2. The second-order valence-corrected chi connectivity index (χ2v) is 7.80. The minimum atomic E-state index is 0.366. The van der Waals surface area contributed by atoms with Crippen LogP contribution in [0.4, 0.5) is 0 Å². The fourth-order valence-corrected chi connectivity index (χ4v) is 3.45. The molecule has 154 valence electrons. The highest BCUT2D eigenvalue weighted by molar-refractivity contribution is 5.31. The van der Waals surface area contributed by atoms with Gasteiger partial charge in [0.1, 0.15) is 5.75 Å². The average Bonchev–Trinajstić information content (AvgIpc) is 2.68. The van der Waals surface area contributed by atoms with E-state index >= 15 is 0 Å². The number of nitrogens with one attached hydrogen (secondary N) is 1. The Hall–Kier alpha value is -1.44. The van der Waals surface area contributed by atoms with Crippen molar-refractivity contribution < 1.29 is 5.11 Å². The van der Waals surface area contributed by atoms with Gasteiger partial charge in [0.25, 0.3) is 0 Å². The van der Waals surface area contributed by atoms with Crippen molar-refractivity contribution >= 4 is 0 Å². The molecular weight excluding hydrogens is 330 g/mol. The Labute approximate surface area is 168 Å². The summed E-state index contributed by atoms with van der Waals surface area (Å²) < 4.78 is 0. The summed E-state index contributed by atoms with van der Waals surface area (Å²) in [5.41, 5.74) is 0.943. The number of rotatable bonds is 18. The van der Waals surface area contributed by atoms with Crippen molar-refractivity contribution in [1.29, 1.82) is 0 Å². The van der Waals surface area contributed by atoms with E-state index < -0.39 is 0 Å². The molecule has 0 aliphatic carbocycles. The zero-order valence-electron chi connectivity index (χ0n) is 17.7. The van der Waals surface area contributed by atoms with Crippen LogP contribution in [-0.2, 0) is 6.54 Å². The Morgan fingerprint density at radius 3 is 1.81 bits per heavy atom. The van der Waals surface area contributed by atoms with Gasteiger partial charge >= 0.3 is 0 Å². The van der Waals surface area contributed by atoms with Crippen LogP contribution < -0.4 is 5.32 Å². The van der Waals surface area contributed by atoms with Crippen molar-refractivity contribution in [2.45, 2.75) is 110 Å². The maximum atomic E-state index is 9.69. The summed E-state index contributed by atoms with van der Waals surface area (Å²) in [6.45, 7) is 2.97. The molecule has 0 bridgehead atoms. The molecule has 0 atom stereocenters. The standard InChI is InChI=1S/C25H43NO/c1-2-3-4-5-6-7-8-9-10-11-12-13-14-15-16-19-22-26-23-24-20-17-18-21-25(24)27/h17-22,26-27H,2-16,23H2,1H3. The maximum absolute atomic E-state index is 9.69. The topological polar surface area (TPSA) is 32.3 Å². The van der Waals surface area contributed by atoms with Crippen LogP contribution in [0.3, 0.4) is 0 Å². The second kappa shape index (κ2) is 17.9. The summed E-state index contributed by atoms with van der Waals surface area (Å²) in [4.78, 5) is 0. The van der Waals surface area contributed by atoms with Crippen molar-refractivity contribution in [3.63, 3.8) is 0 Å². The highest BCUT2D eigenvalue weighted by Crippen LogP contribution is 2.15. The predicted molar refractivity (Wildman–Crippen MR) is 119 cm³/mol. The monoisotopic (exact) mass is 373 g/mol. The molecule has 1 aromatic rings. The van der Waals surface area contributed by atoms with E-state index in [2.05, 4.69) is 18.3 Å². The Bertz CT molecular complexity index is 469. The number of allylic oxidation sites excluding steroid dienone is 1. The quantitative estimate of drug-likeness (QED) is 0.257. The zero-order valence-corrected chi connectivity index (χ0v) is 17.7. The zero-order chi connectivity index (χ0) is 19.4. The summed E-state index contributed by atoms with van der Waals surface area (Å²) in [6.07, 6.45) is 25.1. The SMILES string of the molecule is CCCCCCCCCCCCCCCCC=CNCc1ccccc1O. The number of unbranched alkanes of at least 4 members (excludes halogenated alkanes) is 14. The van der Waals surface area contributed by atoms with Crippen LogP contribution >= 0.6 is 0 Å². The molecule has 0 aliphatic heterocycles. The van der Waals surface area contributed by atoms with Gasteiger partial charge in [0.2, 0.25) is 0 Å². The molecule has 0 aromatic heterocycles. The van der Waals surface area contributed by atoms with E-state index in [1.54, 1.807) is 6.07 Å². The molecule has 0 spiro atoms. The average molecular weight is 374 g/mol. The number of hydrogen-bond acceptors (Lipinski definition) is 2. The lowest BCUT2D eigenvalue weighted by molar-refractivity contribution is 0.467. The van der Waals surface area contributed by atoms with Crippen LogP contribution in [0.15, 0.2) is 36.5 Å². The highest BCUT2D eigenvalue weighted by atomic mass is 16.3. The van der Waals surface area contributed by atoms with Gasteiger partial charge in [0.05, 0.1) is 0 Å². The third-order valence-corrected chi connectivity index (χ3v) is 5.24. The maximum Gasteiger partial charge on any atom is 0.120 e. The van der Waals surface area contributed by atoms with Crippen molar-refractivity contribution in [3.05, 3.63) is 42.1 Å². The van der Waals surface area contributed by atoms with Gasteiger partial charge in [-0.05, 0) is 25.1 Å². The highest BCUT2D eigenvalue weighted by Gasteiger charge is 1.96. The molecule has 0 saturated heterocycles. The molecule has 1 rings (SSSR count). The van der Waals surface area contributed by atoms with Gasteiger partial charge in [-0.3, -0.25) is 0 Å². The number of phenols is 1. The number of aromatic hydroxyl groups is 1. The molecule has 1 aromatic carbocycles. The molecule has 2 nitrogen and oxygen atoms in total. The Balaban J connectivity index is 1.78. The fraction of sp³-hybridized carbons (Fsp3) is 0.680. The third kappa shape index (κ3) is 14.3. The number of benzene rings is 1. The third-order valence-electron chi connectivity index (χ3n) is 5.24. The summed E-state index contributed by atoms with van der Waals surface area (Å²) in [5.74, 6) is 0.366. The van der Waals surface area contributed by atoms with E-state index in [0.717, 1.165) is 12.0 Å². The van der Waals surface area contributed by atoms with Crippen LogP contribution in [0.2, 0.25) is 0 Å². The van der Waals surface area contributed by atoms with E-state index in [0.29, 0.717) is 12.3 Å². The molecule has 27 heavy (non-hydrogen) atoms. The van der Waals surface area contributed by atoms with Gasteiger partial charge in [-0.25, -0.2) is 0 Å². The minimum absolute atomic E-state index is 0.366. The minimum Gasteiger partial charge on any atom is -0.508 e. The van der Waals surface area contributed by atoms with E-state index in [-0.39, 0.29) is 0 Å². The van der Waals surface area contributed by atoms with Gasteiger partial charge in [-0.2, -0.15) is 0 Å². The first-order chi connectivity index (χ1) is 13.3. The molecule has 2 N–H and O–H groups in total. The number of para-hydroxylation sites is 1. The molecule has 0 aliphatic rings. The van der Waals surface area contributed by atoms with Gasteiger partial charge < -0.3 is 10.4 Å². The molecule has 0 heterocycles. The molecule has 0 amide bonds. The van der Waals surface area contributed by atoms with Crippen LogP contribution in [0.25, 0.3) is 0 Å². The van der Waals surface area contributed by atoms with Crippen molar-refractivity contribution in [1.82, 2.24) is 5.32 Å². The largest absolute Gasteiger partial charge is 0.508 e. The van der Waals surface area contributed by atoms with E-state index in [1.165, 1.54) is 89.9 Å². The summed E-state index contributed by atoms with van der Waals surface area (Å²) in [5, 5.41) is 12.9. The van der Waals surface area contributed by atoms with Gasteiger partial charge in [0, 0.05) is 12.1 Å². The molecule has 0 saturated carbocycles. The lowest BCUT2D eigenvalue weighted by Crippen LogP contribution is -2.04. The van der Waals surface area contributed by atoms with Gasteiger partial charge in [0.15, 0.2) is 0 Å². The Kier molecular flexibility index (Phi) is 15.7. The van der Waals surface area contributed by atoms with E-state index in [9.17, 15) is 5.11 Å². The molecule has 0 fully saturated rings. The first-order valence-electron chi connectivity index (χ1n) is 11.5. The Morgan fingerprint density at radius 1 is 0.741 bits per heavy atom.